The maximum atomic E-state index is 10.4. The van der Waals surface area contributed by atoms with E-state index < -0.39 is 24.3 Å². The number of carbonyl (C=O) groups is 2. The molecule has 1 unspecified atom stereocenters. The third kappa shape index (κ3) is 1.33. The summed E-state index contributed by atoms with van der Waals surface area (Å²) >= 11 is 0. The van der Waals surface area contributed by atoms with Crippen LogP contribution in [-0.2, 0) is 4.79 Å². The van der Waals surface area contributed by atoms with Gasteiger partial charge >= 0.3 is 12.1 Å². The van der Waals surface area contributed by atoms with E-state index in [9.17, 15) is 9.59 Å². The lowest BCUT2D eigenvalue weighted by molar-refractivity contribution is -0.143. The first-order valence-electron chi connectivity index (χ1n) is 3.46. The van der Waals surface area contributed by atoms with E-state index in [1.165, 1.54) is 0 Å². The van der Waals surface area contributed by atoms with Gasteiger partial charge in [0.25, 0.3) is 0 Å². The molecule has 3 N–H and O–H groups in total. The Hall–Kier alpha value is -1.30. The zero-order chi connectivity index (χ0) is 9.30. The van der Waals surface area contributed by atoms with Crippen molar-refractivity contribution in [1.29, 1.82) is 0 Å². The number of aliphatic hydroxyl groups excluding tert-OH is 1. The average Bonchev–Trinajstić information content (AvgIpc) is 2.30. The van der Waals surface area contributed by atoms with E-state index in [2.05, 4.69) is 0 Å². The standard InChI is InChI=1S/C6H9NO5/c8-4-2-1-3(5(9)10)7(4)6(11)12/h3-4,8H,1-2H2,(H,9,10)(H,11,12)/t3?,4-/m0/s1. The lowest BCUT2D eigenvalue weighted by Gasteiger charge is -2.20. The second kappa shape index (κ2) is 2.98. The molecule has 0 radical (unpaired) electrons. The van der Waals surface area contributed by atoms with Gasteiger partial charge in [-0.1, -0.05) is 0 Å². The molecule has 1 rings (SSSR count). The molecule has 1 aliphatic heterocycles. The van der Waals surface area contributed by atoms with E-state index in [0.717, 1.165) is 0 Å². The number of aliphatic hydroxyl groups is 1. The topological polar surface area (TPSA) is 98.1 Å². The third-order valence-electron chi connectivity index (χ3n) is 1.86. The van der Waals surface area contributed by atoms with Crippen LogP contribution < -0.4 is 0 Å². The summed E-state index contributed by atoms with van der Waals surface area (Å²) in [6.45, 7) is 0. The molecule has 1 saturated heterocycles. The molecule has 1 amide bonds. The molecule has 0 spiro atoms. The molecule has 2 atom stereocenters. The molecule has 1 fully saturated rings. The fraction of sp³-hybridized carbons (Fsp3) is 0.667. The summed E-state index contributed by atoms with van der Waals surface area (Å²) in [4.78, 5) is 21.4. The van der Waals surface area contributed by atoms with Crippen LogP contribution in [0.5, 0.6) is 0 Å². The van der Waals surface area contributed by atoms with Gasteiger partial charge in [0.15, 0.2) is 0 Å². The van der Waals surface area contributed by atoms with E-state index in [-0.39, 0.29) is 12.8 Å². The van der Waals surface area contributed by atoms with E-state index in [1.54, 1.807) is 0 Å². The Morgan fingerprint density at radius 1 is 1.25 bits per heavy atom. The molecule has 1 heterocycles. The first-order valence-corrected chi connectivity index (χ1v) is 3.46. The molecule has 0 aromatic rings. The average molecular weight is 175 g/mol. The molecule has 68 valence electrons. The van der Waals surface area contributed by atoms with Gasteiger partial charge in [-0.3, -0.25) is 4.90 Å². The Balaban J connectivity index is 2.77. The number of amides is 1. The van der Waals surface area contributed by atoms with Crippen LogP contribution in [0, 0.1) is 0 Å². The summed E-state index contributed by atoms with van der Waals surface area (Å²) in [5, 5.41) is 26.1. The number of aliphatic carboxylic acids is 1. The number of hydrogen-bond acceptors (Lipinski definition) is 3. The van der Waals surface area contributed by atoms with E-state index in [0.29, 0.717) is 4.90 Å². The number of nitrogens with zero attached hydrogens (tertiary/aromatic N) is 1. The highest BCUT2D eigenvalue weighted by molar-refractivity contribution is 5.80. The van der Waals surface area contributed by atoms with Gasteiger partial charge in [-0.15, -0.1) is 0 Å². The highest BCUT2D eigenvalue weighted by Crippen LogP contribution is 2.22. The Bertz CT molecular complexity index is 216. The normalized spacial score (nSPS) is 28.9. The van der Waals surface area contributed by atoms with Crippen molar-refractivity contribution in [1.82, 2.24) is 4.90 Å². The zero-order valence-corrected chi connectivity index (χ0v) is 6.17. The molecule has 6 heteroatoms. The lowest BCUT2D eigenvalue weighted by atomic mass is 10.2. The highest BCUT2D eigenvalue weighted by atomic mass is 16.4. The SMILES string of the molecule is O=C(O)C1CC[C@H](O)N1C(=O)O. The third-order valence-corrected chi connectivity index (χ3v) is 1.86. The van der Waals surface area contributed by atoms with Crippen LogP contribution in [0.2, 0.25) is 0 Å². The predicted octanol–water partition coefficient (Wildman–Crippen LogP) is -0.468. The van der Waals surface area contributed by atoms with Gasteiger partial charge in [0.2, 0.25) is 0 Å². The monoisotopic (exact) mass is 175 g/mol. The van der Waals surface area contributed by atoms with Crippen LogP contribution >= 0.6 is 0 Å². The number of carboxylic acid groups (broad SMARTS) is 2. The van der Waals surface area contributed by atoms with Gasteiger partial charge in [0, 0.05) is 0 Å². The van der Waals surface area contributed by atoms with Crippen LogP contribution in [-0.4, -0.2) is 44.6 Å². The van der Waals surface area contributed by atoms with Crippen molar-refractivity contribution in [2.45, 2.75) is 25.1 Å². The second-order valence-electron chi connectivity index (χ2n) is 2.60. The van der Waals surface area contributed by atoms with Gasteiger partial charge in [0.05, 0.1) is 0 Å². The molecular formula is C6H9NO5. The van der Waals surface area contributed by atoms with E-state index >= 15 is 0 Å². The summed E-state index contributed by atoms with van der Waals surface area (Å²) < 4.78 is 0. The Morgan fingerprint density at radius 3 is 2.17 bits per heavy atom. The minimum atomic E-state index is -1.40. The van der Waals surface area contributed by atoms with Crippen LogP contribution in [0.25, 0.3) is 0 Å². The number of likely N-dealkylation sites (tertiary alicyclic amines) is 1. The van der Waals surface area contributed by atoms with Crippen molar-refractivity contribution in [2.24, 2.45) is 0 Å². The second-order valence-corrected chi connectivity index (χ2v) is 2.60. The summed E-state index contributed by atoms with van der Waals surface area (Å²) in [5.41, 5.74) is 0. The van der Waals surface area contributed by atoms with Crippen LogP contribution in [0.3, 0.4) is 0 Å². The zero-order valence-electron chi connectivity index (χ0n) is 6.17. The first kappa shape index (κ1) is 8.79. The van der Waals surface area contributed by atoms with Crippen LogP contribution in [0.4, 0.5) is 4.79 Å². The molecule has 12 heavy (non-hydrogen) atoms. The largest absolute Gasteiger partial charge is 0.480 e. The predicted molar refractivity (Wildman–Crippen MR) is 36.5 cm³/mol. The fourth-order valence-corrected chi connectivity index (χ4v) is 1.30. The summed E-state index contributed by atoms with van der Waals surface area (Å²) in [6.07, 6.45) is -2.22. The molecule has 1 aliphatic rings. The van der Waals surface area contributed by atoms with Crippen molar-refractivity contribution in [2.75, 3.05) is 0 Å². The molecular weight excluding hydrogens is 166 g/mol. The Morgan fingerprint density at radius 2 is 1.83 bits per heavy atom. The van der Waals surface area contributed by atoms with Gasteiger partial charge in [-0.05, 0) is 12.8 Å². The summed E-state index contributed by atoms with van der Waals surface area (Å²) in [5.74, 6) is -1.21. The van der Waals surface area contributed by atoms with Crippen molar-refractivity contribution < 1.29 is 24.9 Å². The first-order chi connectivity index (χ1) is 5.54. The van der Waals surface area contributed by atoms with Crippen molar-refractivity contribution in [3.63, 3.8) is 0 Å². The van der Waals surface area contributed by atoms with Gasteiger partial charge in [0.1, 0.15) is 12.3 Å². The molecule has 0 aliphatic carbocycles. The quantitative estimate of drug-likeness (QED) is 0.500. The molecule has 0 saturated carbocycles. The Labute approximate surface area is 68.0 Å². The number of hydrogen-bond donors (Lipinski definition) is 3. The van der Waals surface area contributed by atoms with E-state index in [4.69, 9.17) is 15.3 Å². The minimum absolute atomic E-state index is 0.169. The van der Waals surface area contributed by atoms with Gasteiger partial charge in [-0.25, -0.2) is 9.59 Å². The maximum Gasteiger partial charge on any atom is 0.410 e. The van der Waals surface area contributed by atoms with Crippen LogP contribution in [0.1, 0.15) is 12.8 Å². The smallest absolute Gasteiger partial charge is 0.410 e. The van der Waals surface area contributed by atoms with Gasteiger partial charge < -0.3 is 15.3 Å². The summed E-state index contributed by atoms with van der Waals surface area (Å²) in [6, 6.07) is -1.10. The van der Waals surface area contributed by atoms with Crippen molar-refractivity contribution in [3.05, 3.63) is 0 Å². The van der Waals surface area contributed by atoms with Crippen LogP contribution in [0.15, 0.2) is 0 Å². The minimum Gasteiger partial charge on any atom is -0.480 e. The number of carboxylic acids is 1. The molecule has 0 aromatic carbocycles. The highest BCUT2D eigenvalue weighted by Gasteiger charge is 2.40. The summed E-state index contributed by atoms with van der Waals surface area (Å²) in [7, 11) is 0. The number of rotatable bonds is 1. The molecule has 0 aromatic heterocycles. The molecule has 0 bridgehead atoms. The van der Waals surface area contributed by atoms with Crippen molar-refractivity contribution in [3.8, 4) is 0 Å². The van der Waals surface area contributed by atoms with Gasteiger partial charge in [-0.2, -0.15) is 0 Å². The van der Waals surface area contributed by atoms with E-state index in [1.807, 2.05) is 0 Å². The lowest BCUT2D eigenvalue weighted by Crippen LogP contribution is -2.44. The maximum absolute atomic E-state index is 10.4. The molecule has 6 nitrogen and oxygen atoms in total. The Kier molecular flexibility index (Phi) is 2.18. The fourth-order valence-electron chi connectivity index (χ4n) is 1.30. The van der Waals surface area contributed by atoms with Crippen molar-refractivity contribution >= 4 is 12.1 Å².